The van der Waals surface area contributed by atoms with Crippen molar-refractivity contribution in [2.75, 3.05) is 46.4 Å². The first-order valence-electron chi connectivity index (χ1n) is 20.1. The van der Waals surface area contributed by atoms with Gasteiger partial charge in [-0.2, -0.15) is 0 Å². The quantitative estimate of drug-likeness (QED) is 0.0487. The molecule has 0 saturated carbocycles. The Kier molecular flexibility index (Phi) is 21.4. The minimum absolute atomic E-state index is 0.0722. The maximum absolute atomic E-state index is 11.7. The van der Waals surface area contributed by atoms with E-state index in [0.717, 1.165) is 82.0 Å². The molecular weight excluding hydrogens is 668 g/mol. The van der Waals surface area contributed by atoms with Gasteiger partial charge in [-0.25, -0.2) is 0 Å². The van der Waals surface area contributed by atoms with Crippen molar-refractivity contribution in [1.29, 1.82) is 0 Å². The highest BCUT2D eigenvalue weighted by atomic mass is 16.6. The highest BCUT2D eigenvalue weighted by molar-refractivity contribution is 5.66. The normalized spacial score (nSPS) is 16.9. The van der Waals surface area contributed by atoms with Crippen molar-refractivity contribution in [3.63, 3.8) is 0 Å². The number of ether oxygens (including phenoxy) is 3. The SMILES string of the molecule is CCCCCCC(C)(C)c1ccc2c(c1)OC(C)(C)C(OC(C)=O)C2CC(C)O.COc1cc(CNCCCNCCCCNCCCN)ccc1O. The molecule has 0 amide bonds. The number of aliphatic hydroxyl groups excluding tert-OH is 1. The Balaban J connectivity index is 0.000000374. The number of aromatic hydroxyl groups is 1. The molecule has 10 heteroatoms. The van der Waals surface area contributed by atoms with Crippen LogP contribution in [0.15, 0.2) is 36.4 Å². The lowest BCUT2D eigenvalue weighted by molar-refractivity contribution is -0.162. The zero-order valence-corrected chi connectivity index (χ0v) is 34.3. The van der Waals surface area contributed by atoms with Gasteiger partial charge in [-0.15, -0.1) is 0 Å². The number of esters is 1. The summed E-state index contributed by atoms with van der Waals surface area (Å²) >= 11 is 0. The average molecular weight is 743 g/mol. The predicted molar refractivity (Wildman–Crippen MR) is 217 cm³/mol. The summed E-state index contributed by atoms with van der Waals surface area (Å²) in [6.45, 7) is 20.7. The van der Waals surface area contributed by atoms with E-state index in [4.69, 9.17) is 19.9 Å². The number of hydrogen-bond donors (Lipinski definition) is 6. The smallest absolute Gasteiger partial charge is 0.303 e. The van der Waals surface area contributed by atoms with Gasteiger partial charge in [-0.05, 0) is 133 Å². The number of phenols is 1. The summed E-state index contributed by atoms with van der Waals surface area (Å²) in [6.07, 6.45) is 10.3. The van der Waals surface area contributed by atoms with E-state index >= 15 is 0 Å². The molecule has 1 aliphatic heterocycles. The lowest BCUT2D eigenvalue weighted by atomic mass is 9.75. The average Bonchev–Trinajstić information content (AvgIpc) is 3.10. The summed E-state index contributed by atoms with van der Waals surface area (Å²) in [4.78, 5) is 11.7. The van der Waals surface area contributed by atoms with Crippen molar-refractivity contribution >= 4 is 5.97 Å². The van der Waals surface area contributed by atoms with Gasteiger partial charge in [0.15, 0.2) is 11.5 Å². The van der Waals surface area contributed by atoms with Gasteiger partial charge in [0.2, 0.25) is 0 Å². The summed E-state index contributed by atoms with van der Waals surface area (Å²) in [5.41, 5.74) is 8.24. The van der Waals surface area contributed by atoms with Crippen LogP contribution in [0.4, 0.5) is 0 Å². The number of benzene rings is 2. The molecule has 3 atom stereocenters. The molecule has 2 aromatic rings. The number of nitrogens with two attached hydrogens (primary N) is 1. The van der Waals surface area contributed by atoms with Gasteiger partial charge in [0.25, 0.3) is 0 Å². The molecule has 10 nitrogen and oxygen atoms in total. The molecule has 3 unspecified atom stereocenters. The Morgan fingerprint density at radius 1 is 0.943 bits per heavy atom. The van der Waals surface area contributed by atoms with Crippen molar-refractivity contribution < 1.29 is 29.2 Å². The second kappa shape index (κ2) is 24.5. The second-order valence-electron chi connectivity index (χ2n) is 15.8. The van der Waals surface area contributed by atoms with Crippen LogP contribution < -0.4 is 31.2 Å². The maximum Gasteiger partial charge on any atom is 0.303 e. The van der Waals surface area contributed by atoms with E-state index < -0.39 is 17.8 Å². The van der Waals surface area contributed by atoms with Gasteiger partial charge in [-0.1, -0.05) is 64.7 Å². The summed E-state index contributed by atoms with van der Waals surface area (Å²) in [5.74, 6) is 1.13. The third-order valence-corrected chi connectivity index (χ3v) is 9.96. The van der Waals surface area contributed by atoms with E-state index in [1.165, 1.54) is 51.0 Å². The van der Waals surface area contributed by atoms with Crippen LogP contribution in [0.25, 0.3) is 0 Å². The highest BCUT2D eigenvalue weighted by Gasteiger charge is 2.46. The molecule has 0 spiro atoms. The fourth-order valence-electron chi connectivity index (χ4n) is 6.88. The van der Waals surface area contributed by atoms with Crippen LogP contribution in [-0.2, 0) is 21.5 Å². The number of fused-ring (bicyclic) bond motifs is 1. The monoisotopic (exact) mass is 743 g/mol. The number of methoxy groups -OCH3 is 1. The van der Waals surface area contributed by atoms with Crippen LogP contribution in [0, 0.1) is 0 Å². The van der Waals surface area contributed by atoms with E-state index in [0.29, 0.717) is 12.2 Å². The van der Waals surface area contributed by atoms with Crippen molar-refractivity contribution in [2.45, 2.75) is 148 Å². The van der Waals surface area contributed by atoms with Crippen molar-refractivity contribution in [2.24, 2.45) is 5.73 Å². The predicted octanol–water partition coefficient (Wildman–Crippen LogP) is 7.08. The fraction of sp³-hybridized carbons (Fsp3) is 0.698. The molecule has 0 bridgehead atoms. The lowest BCUT2D eigenvalue weighted by Gasteiger charge is -2.45. The van der Waals surface area contributed by atoms with Crippen molar-refractivity contribution in [3.8, 4) is 17.2 Å². The Morgan fingerprint density at radius 3 is 2.23 bits per heavy atom. The highest BCUT2D eigenvalue weighted by Crippen LogP contribution is 2.46. The Morgan fingerprint density at radius 2 is 1.60 bits per heavy atom. The molecule has 2 aromatic carbocycles. The van der Waals surface area contributed by atoms with Crippen LogP contribution in [-0.4, -0.2) is 80.4 Å². The lowest BCUT2D eigenvalue weighted by Crippen LogP contribution is -2.51. The topological polar surface area (TPSA) is 147 Å². The Labute approximate surface area is 321 Å². The van der Waals surface area contributed by atoms with Crippen LogP contribution in [0.3, 0.4) is 0 Å². The van der Waals surface area contributed by atoms with Gasteiger partial charge in [0, 0.05) is 24.9 Å². The number of rotatable bonds is 24. The molecule has 53 heavy (non-hydrogen) atoms. The molecule has 0 saturated heterocycles. The molecule has 0 aromatic heterocycles. The molecular formula is C43H74N4O6. The number of carbonyl (C=O) groups excluding carboxylic acids is 1. The van der Waals surface area contributed by atoms with E-state index in [1.54, 1.807) is 20.1 Å². The van der Waals surface area contributed by atoms with E-state index in [9.17, 15) is 15.0 Å². The minimum Gasteiger partial charge on any atom is -0.504 e. The molecule has 0 radical (unpaired) electrons. The summed E-state index contributed by atoms with van der Waals surface area (Å²) < 4.78 is 17.1. The number of nitrogens with one attached hydrogen (secondary N) is 3. The first-order chi connectivity index (χ1) is 25.2. The fourth-order valence-corrected chi connectivity index (χ4v) is 6.88. The molecule has 302 valence electrons. The van der Waals surface area contributed by atoms with Crippen LogP contribution in [0.2, 0.25) is 0 Å². The van der Waals surface area contributed by atoms with E-state index in [-0.39, 0.29) is 23.1 Å². The van der Waals surface area contributed by atoms with Gasteiger partial charge in [0.1, 0.15) is 17.5 Å². The van der Waals surface area contributed by atoms with Gasteiger partial charge in [0.05, 0.1) is 13.2 Å². The maximum atomic E-state index is 11.7. The molecule has 7 N–H and O–H groups in total. The van der Waals surface area contributed by atoms with Gasteiger partial charge in [-0.3, -0.25) is 4.79 Å². The number of unbranched alkanes of at least 4 members (excludes halogenated alkanes) is 4. The Bertz CT molecular complexity index is 1320. The first kappa shape index (κ1) is 46.3. The standard InChI is InChI=1S/C25H40O4.C18H34N4O2/c1-8-9-10-11-14-24(4,5)19-12-13-20-21(15-17(2)26)23(28-18(3)27)25(6,7)29-22(20)16-19;1-24-18-14-16(6-7-17(18)23)15-22-13-5-12-21-10-3-2-9-20-11-4-8-19/h12-13,16-17,21,23,26H,8-11,14-15H2,1-7H3;6-7,14,20-23H,2-5,8-13,15,19H2,1H3. The van der Waals surface area contributed by atoms with E-state index in [1.807, 2.05) is 26.0 Å². The molecule has 3 rings (SSSR count). The molecule has 1 heterocycles. The molecule has 0 aliphatic carbocycles. The van der Waals surface area contributed by atoms with E-state index in [2.05, 4.69) is 54.9 Å². The second-order valence-corrected chi connectivity index (χ2v) is 15.8. The van der Waals surface area contributed by atoms with Gasteiger partial charge < -0.3 is 46.1 Å². The van der Waals surface area contributed by atoms with Crippen LogP contribution in [0.1, 0.15) is 135 Å². The summed E-state index contributed by atoms with van der Waals surface area (Å²) in [5, 5.41) is 29.9. The van der Waals surface area contributed by atoms with Crippen LogP contribution in [0.5, 0.6) is 17.2 Å². The number of hydrogen-bond acceptors (Lipinski definition) is 10. The van der Waals surface area contributed by atoms with Crippen LogP contribution >= 0.6 is 0 Å². The zero-order valence-electron chi connectivity index (χ0n) is 34.3. The first-order valence-corrected chi connectivity index (χ1v) is 20.1. The Hall–Kier alpha value is -2.89. The molecule has 0 fully saturated rings. The summed E-state index contributed by atoms with van der Waals surface area (Å²) in [7, 11) is 1.56. The third kappa shape index (κ3) is 17.0. The molecule has 1 aliphatic rings. The summed E-state index contributed by atoms with van der Waals surface area (Å²) in [6, 6.07) is 11.9. The number of carbonyl (C=O) groups is 1. The van der Waals surface area contributed by atoms with Crippen molar-refractivity contribution in [3.05, 3.63) is 53.1 Å². The third-order valence-electron chi connectivity index (χ3n) is 9.96. The van der Waals surface area contributed by atoms with Crippen molar-refractivity contribution in [1.82, 2.24) is 16.0 Å². The number of aliphatic hydroxyl groups is 1. The largest absolute Gasteiger partial charge is 0.504 e. The zero-order chi connectivity index (χ0) is 39.3. The van der Waals surface area contributed by atoms with Gasteiger partial charge >= 0.3 is 5.97 Å². The minimum atomic E-state index is -0.665. The number of phenolic OH excluding ortho intramolecular Hbond substituents is 1.